The number of thioether (sulfide) groups is 2. The molecule has 1 aliphatic heterocycles. The molecule has 1 N–H and O–H groups in total. The number of hydrogen-bond donors (Lipinski definition) is 1. The summed E-state index contributed by atoms with van der Waals surface area (Å²) in [6.07, 6.45) is 1.07. The molecule has 92 valence electrons. The maximum Gasteiger partial charge on any atom is 0.0700 e. The molecule has 17 heavy (non-hydrogen) atoms. The van der Waals surface area contributed by atoms with Crippen LogP contribution in [0.1, 0.15) is 17.9 Å². The van der Waals surface area contributed by atoms with Gasteiger partial charge in [0.25, 0.3) is 0 Å². The van der Waals surface area contributed by atoms with Gasteiger partial charge in [-0.25, -0.2) is 0 Å². The van der Waals surface area contributed by atoms with E-state index in [1.807, 2.05) is 23.5 Å². The van der Waals surface area contributed by atoms with Crippen LogP contribution in [0.25, 0.3) is 0 Å². The van der Waals surface area contributed by atoms with Gasteiger partial charge in [0, 0.05) is 22.5 Å². The molecule has 1 aliphatic carbocycles. The zero-order chi connectivity index (χ0) is 11.7. The molecule has 0 spiro atoms. The predicted molar refractivity (Wildman–Crippen MR) is 76.9 cm³/mol. The second kappa shape index (κ2) is 5.25. The molecule has 2 fully saturated rings. The lowest BCUT2D eigenvalue weighted by atomic mass is 10.1. The fourth-order valence-corrected chi connectivity index (χ4v) is 5.48. The zero-order valence-corrected chi connectivity index (χ0v) is 11.4. The van der Waals surface area contributed by atoms with Crippen molar-refractivity contribution in [3.05, 3.63) is 35.9 Å². The summed E-state index contributed by atoms with van der Waals surface area (Å²) in [7, 11) is 0. The number of benzene rings is 1. The van der Waals surface area contributed by atoms with Gasteiger partial charge in [-0.05, 0) is 23.8 Å². The summed E-state index contributed by atoms with van der Waals surface area (Å²) in [5.41, 5.74) is 1.41. The van der Waals surface area contributed by atoms with E-state index in [9.17, 15) is 5.11 Å². The van der Waals surface area contributed by atoms with E-state index >= 15 is 0 Å². The molecular formula is C14H18OS2. The predicted octanol–water partition coefficient (Wildman–Crippen LogP) is 3.00. The first-order valence-corrected chi connectivity index (χ1v) is 8.49. The number of hydrogen-bond acceptors (Lipinski definition) is 3. The van der Waals surface area contributed by atoms with E-state index in [2.05, 4.69) is 30.3 Å². The summed E-state index contributed by atoms with van der Waals surface area (Å²) < 4.78 is 0. The molecule has 1 saturated heterocycles. The Labute approximate surface area is 111 Å². The lowest BCUT2D eigenvalue weighted by molar-refractivity contribution is 0.151. The minimum Gasteiger partial charge on any atom is -0.392 e. The SMILES string of the molecule is OC(C1CSCCS1)C1CC1c1ccccc1. The highest BCUT2D eigenvalue weighted by molar-refractivity contribution is 8.06. The summed E-state index contributed by atoms with van der Waals surface area (Å²) >= 11 is 3.96. The van der Waals surface area contributed by atoms with Gasteiger partial charge in [-0.1, -0.05) is 30.3 Å². The standard InChI is InChI=1S/C14H18OS2/c15-14(13-9-16-6-7-17-13)12-8-11(12)10-4-2-1-3-5-10/h1-5,11-15H,6-9H2. The van der Waals surface area contributed by atoms with E-state index in [1.54, 1.807) is 0 Å². The highest BCUT2D eigenvalue weighted by Crippen LogP contribution is 2.51. The molecule has 1 nitrogen and oxygen atoms in total. The van der Waals surface area contributed by atoms with E-state index in [1.165, 1.54) is 23.5 Å². The van der Waals surface area contributed by atoms with Gasteiger partial charge in [-0.15, -0.1) is 0 Å². The van der Waals surface area contributed by atoms with Crippen LogP contribution in [0, 0.1) is 5.92 Å². The highest BCUT2D eigenvalue weighted by Gasteiger charge is 2.46. The molecule has 0 radical (unpaired) electrons. The van der Waals surface area contributed by atoms with E-state index < -0.39 is 0 Å². The Balaban J connectivity index is 1.60. The smallest absolute Gasteiger partial charge is 0.0700 e. The van der Waals surface area contributed by atoms with Gasteiger partial charge in [0.15, 0.2) is 0 Å². The molecule has 4 atom stereocenters. The molecule has 1 saturated carbocycles. The van der Waals surface area contributed by atoms with Crippen LogP contribution in [-0.4, -0.2) is 33.7 Å². The first-order valence-electron chi connectivity index (χ1n) is 6.28. The van der Waals surface area contributed by atoms with Crippen LogP contribution in [0.5, 0.6) is 0 Å². The topological polar surface area (TPSA) is 20.2 Å². The van der Waals surface area contributed by atoms with Crippen molar-refractivity contribution in [3.8, 4) is 0 Å². The average molecular weight is 266 g/mol. The van der Waals surface area contributed by atoms with Crippen molar-refractivity contribution < 1.29 is 5.11 Å². The highest BCUT2D eigenvalue weighted by atomic mass is 32.2. The maximum atomic E-state index is 10.4. The molecular weight excluding hydrogens is 248 g/mol. The third-order valence-corrected chi connectivity index (χ3v) is 6.60. The lowest BCUT2D eigenvalue weighted by Gasteiger charge is -2.26. The molecule has 4 unspecified atom stereocenters. The molecule has 2 aliphatic rings. The lowest BCUT2D eigenvalue weighted by Crippen LogP contribution is -2.30. The Hall–Kier alpha value is -0.120. The van der Waals surface area contributed by atoms with Gasteiger partial charge in [-0.3, -0.25) is 0 Å². The van der Waals surface area contributed by atoms with E-state index in [-0.39, 0.29) is 6.10 Å². The minimum absolute atomic E-state index is 0.0991. The summed E-state index contributed by atoms with van der Waals surface area (Å²) in [5, 5.41) is 10.9. The zero-order valence-electron chi connectivity index (χ0n) is 9.79. The van der Waals surface area contributed by atoms with Gasteiger partial charge >= 0.3 is 0 Å². The van der Waals surface area contributed by atoms with Crippen molar-refractivity contribution in [1.29, 1.82) is 0 Å². The first kappa shape index (κ1) is 11.9. The van der Waals surface area contributed by atoms with Crippen LogP contribution in [0.2, 0.25) is 0 Å². The van der Waals surface area contributed by atoms with Crippen LogP contribution in [0.4, 0.5) is 0 Å². The Morgan fingerprint density at radius 2 is 2.00 bits per heavy atom. The fraction of sp³-hybridized carbons (Fsp3) is 0.571. The molecule has 0 amide bonds. The van der Waals surface area contributed by atoms with Gasteiger partial charge in [-0.2, -0.15) is 23.5 Å². The Kier molecular flexibility index (Phi) is 3.69. The molecule has 1 aromatic carbocycles. The van der Waals surface area contributed by atoms with Crippen LogP contribution in [0.3, 0.4) is 0 Å². The Morgan fingerprint density at radius 1 is 1.18 bits per heavy atom. The van der Waals surface area contributed by atoms with Gasteiger partial charge < -0.3 is 5.11 Å². The van der Waals surface area contributed by atoms with Crippen molar-refractivity contribution in [1.82, 2.24) is 0 Å². The second-order valence-corrected chi connectivity index (χ2v) is 7.39. The summed E-state index contributed by atoms with van der Waals surface area (Å²) in [6, 6.07) is 10.6. The van der Waals surface area contributed by atoms with Crippen molar-refractivity contribution in [2.24, 2.45) is 5.92 Å². The molecule has 3 rings (SSSR count). The monoisotopic (exact) mass is 266 g/mol. The average Bonchev–Trinajstić information content (AvgIpc) is 3.20. The van der Waals surface area contributed by atoms with E-state index in [0.29, 0.717) is 17.1 Å². The number of aliphatic hydroxyl groups is 1. The van der Waals surface area contributed by atoms with Crippen molar-refractivity contribution in [2.75, 3.05) is 17.3 Å². The molecule has 1 aromatic rings. The first-order chi connectivity index (χ1) is 8.36. The van der Waals surface area contributed by atoms with Crippen LogP contribution >= 0.6 is 23.5 Å². The number of rotatable bonds is 3. The van der Waals surface area contributed by atoms with Gasteiger partial charge in [0.05, 0.1) is 6.10 Å². The normalized spacial score (nSPS) is 34.3. The summed E-state index contributed by atoms with van der Waals surface area (Å²) in [6.45, 7) is 0. The Morgan fingerprint density at radius 3 is 2.71 bits per heavy atom. The largest absolute Gasteiger partial charge is 0.392 e. The molecule has 1 heterocycles. The van der Waals surface area contributed by atoms with Crippen LogP contribution in [0.15, 0.2) is 30.3 Å². The maximum absolute atomic E-state index is 10.4. The molecule has 3 heteroatoms. The summed E-state index contributed by atoms with van der Waals surface area (Å²) in [5.74, 6) is 4.70. The third kappa shape index (κ3) is 2.67. The van der Waals surface area contributed by atoms with Gasteiger partial charge in [0.1, 0.15) is 0 Å². The van der Waals surface area contributed by atoms with Crippen molar-refractivity contribution >= 4 is 23.5 Å². The minimum atomic E-state index is -0.0991. The number of aliphatic hydroxyl groups excluding tert-OH is 1. The van der Waals surface area contributed by atoms with Gasteiger partial charge in [0.2, 0.25) is 0 Å². The molecule has 0 aromatic heterocycles. The quantitative estimate of drug-likeness (QED) is 0.908. The Bertz CT molecular complexity index is 362. The molecule has 0 bridgehead atoms. The van der Waals surface area contributed by atoms with Crippen molar-refractivity contribution in [3.63, 3.8) is 0 Å². The van der Waals surface area contributed by atoms with Crippen LogP contribution in [-0.2, 0) is 0 Å². The van der Waals surface area contributed by atoms with E-state index in [4.69, 9.17) is 0 Å². The summed E-state index contributed by atoms with van der Waals surface area (Å²) in [4.78, 5) is 0. The second-order valence-electron chi connectivity index (χ2n) is 4.89. The van der Waals surface area contributed by atoms with Crippen LogP contribution < -0.4 is 0 Å². The fourth-order valence-electron chi connectivity index (χ4n) is 2.65. The van der Waals surface area contributed by atoms with Crippen molar-refractivity contribution in [2.45, 2.75) is 23.7 Å². The third-order valence-electron chi connectivity index (χ3n) is 3.73. The van der Waals surface area contributed by atoms with E-state index in [0.717, 1.165) is 5.75 Å².